The highest BCUT2D eigenvalue weighted by atomic mass is 16.5. The van der Waals surface area contributed by atoms with Crippen LogP contribution >= 0.6 is 0 Å². The minimum absolute atomic E-state index is 0.787. The van der Waals surface area contributed by atoms with E-state index in [1.807, 2.05) is 6.08 Å². The normalized spacial score (nSPS) is 20.9. The highest BCUT2D eigenvalue weighted by molar-refractivity contribution is 5.68. The Bertz CT molecular complexity index is 169. The summed E-state index contributed by atoms with van der Waals surface area (Å²) in [5.41, 5.74) is 1.32. The van der Waals surface area contributed by atoms with Crippen molar-refractivity contribution in [3.05, 3.63) is 11.6 Å². The molecule has 0 aromatic rings. The lowest BCUT2D eigenvalue weighted by Gasteiger charge is -2.21. The van der Waals surface area contributed by atoms with E-state index in [2.05, 4.69) is 6.92 Å². The van der Waals surface area contributed by atoms with Crippen LogP contribution in [0, 0.1) is 11.3 Å². The molecule has 12 heavy (non-hydrogen) atoms. The topological polar surface area (TPSA) is 33.1 Å². The van der Waals surface area contributed by atoms with Gasteiger partial charge in [0.1, 0.15) is 0 Å². The van der Waals surface area contributed by atoms with Crippen molar-refractivity contribution >= 4 is 6.21 Å². The molecule has 0 aromatic carbocycles. The summed E-state index contributed by atoms with van der Waals surface area (Å²) in [6.07, 6.45) is 6.76. The van der Waals surface area contributed by atoms with Gasteiger partial charge in [-0.1, -0.05) is 5.57 Å². The van der Waals surface area contributed by atoms with Gasteiger partial charge in [-0.25, -0.2) is 0 Å². The number of hydrogen-bond acceptors (Lipinski definition) is 2. The number of allylic oxidation sites excluding steroid dienone is 2. The smallest absolute Gasteiger partial charge is 0.0468 e. The van der Waals surface area contributed by atoms with Crippen LogP contribution in [0.3, 0.4) is 0 Å². The Kier molecular flexibility index (Phi) is 4.01. The summed E-state index contributed by atoms with van der Waals surface area (Å²) < 4.78 is 5.28. The van der Waals surface area contributed by atoms with Crippen LogP contribution in [0.4, 0.5) is 0 Å². The fourth-order valence-electron chi connectivity index (χ4n) is 1.62. The fourth-order valence-corrected chi connectivity index (χ4v) is 1.62. The van der Waals surface area contributed by atoms with E-state index in [0.29, 0.717) is 0 Å². The molecule has 1 saturated heterocycles. The molecule has 68 valence electrons. The Hall–Kier alpha value is -0.630. The van der Waals surface area contributed by atoms with Crippen LogP contribution in [-0.4, -0.2) is 19.4 Å². The summed E-state index contributed by atoms with van der Waals surface area (Å²) in [6, 6.07) is 0. The Labute approximate surface area is 74.1 Å². The van der Waals surface area contributed by atoms with Crippen LogP contribution in [0.25, 0.3) is 0 Å². The number of ether oxygens (including phenoxy) is 1. The van der Waals surface area contributed by atoms with Gasteiger partial charge < -0.3 is 10.1 Å². The SMILES string of the molecule is C/C(=C/C=N)CC1CCOCC1. The first kappa shape index (κ1) is 9.46. The third-order valence-electron chi connectivity index (χ3n) is 2.32. The van der Waals surface area contributed by atoms with Gasteiger partial charge in [0.05, 0.1) is 0 Å². The molecular formula is C10H17NO. The molecule has 0 saturated carbocycles. The van der Waals surface area contributed by atoms with E-state index in [0.717, 1.165) is 25.6 Å². The van der Waals surface area contributed by atoms with E-state index in [9.17, 15) is 0 Å². The maximum Gasteiger partial charge on any atom is 0.0468 e. The van der Waals surface area contributed by atoms with Crippen LogP contribution < -0.4 is 0 Å². The van der Waals surface area contributed by atoms with Gasteiger partial charge in [-0.05, 0) is 38.2 Å². The van der Waals surface area contributed by atoms with Crippen molar-refractivity contribution in [2.45, 2.75) is 26.2 Å². The molecule has 0 bridgehead atoms. The predicted octanol–water partition coefficient (Wildman–Crippen LogP) is 2.40. The lowest BCUT2D eigenvalue weighted by Crippen LogP contribution is -2.15. The standard InChI is InChI=1S/C10H17NO/c1-9(2-5-11)8-10-3-6-12-7-4-10/h2,5,10-11H,3-4,6-8H2,1H3/b9-2-,11-5?. The summed E-state index contributed by atoms with van der Waals surface area (Å²) in [4.78, 5) is 0. The average molecular weight is 167 g/mol. The molecule has 0 aliphatic carbocycles. The molecule has 0 spiro atoms. The molecular weight excluding hydrogens is 150 g/mol. The summed E-state index contributed by atoms with van der Waals surface area (Å²) >= 11 is 0. The Balaban J connectivity index is 2.28. The maximum atomic E-state index is 6.92. The second-order valence-corrected chi connectivity index (χ2v) is 3.44. The first-order chi connectivity index (χ1) is 5.83. The molecule has 1 aliphatic rings. The van der Waals surface area contributed by atoms with Crippen LogP contribution in [0.2, 0.25) is 0 Å². The molecule has 1 rings (SSSR count). The maximum absolute atomic E-state index is 6.92. The van der Waals surface area contributed by atoms with E-state index in [1.165, 1.54) is 24.6 Å². The molecule has 1 heterocycles. The second kappa shape index (κ2) is 5.09. The zero-order chi connectivity index (χ0) is 8.81. The van der Waals surface area contributed by atoms with Gasteiger partial charge in [0, 0.05) is 19.4 Å². The van der Waals surface area contributed by atoms with E-state index >= 15 is 0 Å². The largest absolute Gasteiger partial charge is 0.381 e. The summed E-state index contributed by atoms with van der Waals surface area (Å²) in [5, 5.41) is 6.92. The molecule has 0 atom stereocenters. The third-order valence-corrected chi connectivity index (χ3v) is 2.32. The van der Waals surface area contributed by atoms with Gasteiger partial charge in [0.2, 0.25) is 0 Å². The summed E-state index contributed by atoms with van der Waals surface area (Å²) in [7, 11) is 0. The van der Waals surface area contributed by atoms with Crippen molar-refractivity contribution < 1.29 is 4.74 Å². The van der Waals surface area contributed by atoms with E-state index < -0.39 is 0 Å². The summed E-state index contributed by atoms with van der Waals surface area (Å²) in [6.45, 7) is 3.94. The molecule has 1 fully saturated rings. The number of hydrogen-bond donors (Lipinski definition) is 1. The molecule has 0 aromatic heterocycles. The van der Waals surface area contributed by atoms with Gasteiger partial charge in [-0.2, -0.15) is 0 Å². The predicted molar refractivity (Wildman–Crippen MR) is 50.7 cm³/mol. The van der Waals surface area contributed by atoms with Crippen molar-refractivity contribution in [1.82, 2.24) is 0 Å². The van der Waals surface area contributed by atoms with Crippen LogP contribution in [0.15, 0.2) is 11.6 Å². The third kappa shape index (κ3) is 3.18. The van der Waals surface area contributed by atoms with Crippen molar-refractivity contribution in [3.8, 4) is 0 Å². The Morgan fingerprint density at radius 3 is 2.75 bits per heavy atom. The molecule has 2 nitrogen and oxygen atoms in total. The van der Waals surface area contributed by atoms with Gasteiger partial charge in [0.25, 0.3) is 0 Å². The van der Waals surface area contributed by atoms with Crippen molar-refractivity contribution in [2.75, 3.05) is 13.2 Å². The van der Waals surface area contributed by atoms with Gasteiger partial charge in [0.15, 0.2) is 0 Å². The van der Waals surface area contributed by atoms with Crippen molar-refractivity contribution in [1.29, 1.82) is 5.41 Å². The zero-order valence-electron chi connectivity index (χ0n) is 7.68. The van der Waals surface area contributed by atoms with E-state index in [4.69, 9.17) is 10.1 Å². The van der Waals surface area contributed by atoms with Gasteiger partial charge >= 0.3 is 0 Å². The Morgan fingerprint density at radius 1 is 1.50 bits per heavy atom. The number of rotatable bonds is 3. The lowest BCUT2D eigenvalue weighted by atomic mass is 9.93. The molecule has 1 aliphatic heterocycles. The molecule has 1 N–H and O–H groups in total. The lowest BCUT2D eigenvalue weighted by molar-refractivity contribution is 0.0665. The second-order valence-electron chi connectivity index (χ2n) is 3.44. The quantitative estimate of drug-likeness (QED) is 0.643. The van der Waals surface area contributed by atoms with Crippen molar-refractivity contribution in [2.24, 2.45) is 5.92 Å². The molecule has 0 amide bonds. The monoisotopic (exact) mass is 167 g/mol. The van der Waals surface area contributed by atoms with Gasteiger partial charge in [-0.15, -0.1) is 0 Å². The van der Waals surface area contributed by atoms with Crippen LogP contribution in [0.5, 0.6) is 0 Å². The Morgan fingerprint density at radius 2 is 2.17 bits per heavy atom. The molecule has 2 heteroatoms. The number of nitrogens with one attached hydrogen (secondary N) is 1. The highest BCUT2D eigenvalue weighted by Gasteiger charge is 2.13. The molecule has 0 unspecified atom stereocenters. The minimum Gasteiger partial charge on any atom is -0.381 e. The van der Waals surface area contributed by atoms with Gasteiger partial charge in [-0.3, -0.25) is 0 Å². The first-order valence-corrected chi connectivity index (χ1v) is 4.57. The molecule has 0 radical (unpaired) electrons. The van der Waals surface area contributed by atoms with E-state index in [-0.39, 0.29) is 0 Å². The minimum atomic E-state index is 0.787. The van der Waals surface area contributed by atoms with Crippen LogP contribution in [0.1, 0.15) is 26.2 Å². The van der Waals surface area contributed by atoms with Crippen LogP contribution in [-0.2, 0) is 4.74 Å². The highest BCUT2D eigenvalue weighted by Crippen LogP contribution is 2.21. The summed E-state index contributed by atoms with van der Waals surface area (Å²) in [5.74, 6) is 0.787. The average Bonchev–Trinajstić information content (AvgIpc) is 2.06. The fraction of sp³-hybridized carbons (Fsp3) is 0.700. The zero-order valence-corrected chi connectivity index (χ0v) is 7.68. The van der Waals surface area contributed by atoms with E-state index in [1.54, 1.807) is 0 Å². The first-order valence-electron chi connectivity index (χ1n) is 4.57. The van der Waals surface area contributed by atoms with Crippen molar-refractivity contribution in [3.63, 3.8) is 0 Å².